The molecule has 0 N–H and O–H groups in total. The number of carbonyl (C=O) groups excluding carboxylic acids is 1. The molecule has 0 aliphatic rings. The van der Waals surface area contributed by atoms with E-state index in [1.165, 1.54) is 22.5 Å². The van der Waals surface area contributed by atoms with Crippen molar-refractivity contribution >= 4 is 56.8 Å². The number of nitrogens with zero attached hydrogens (tertiary/aromatic N) is 3. The third-order valence-corrected chi connectivity index (χ3v) is 5.33. The van der Waals surface area contributed by atoms with Crippen LogP contribution < -0.4 is 4.90 Å². The van der Waals surface area contributed by atoms with E-state index < -0.39 is 0 Å². The summed E-state index contributed by atoms with van der Waals surface area (Å²) in [7, 11) is 3.97. The third-order valence-electron chi connectivity index (χ3n) is 3.56. The summed E-state index contributed by atoms with van der Waals surface area (Å²) in [4.78, 5) is 22.4. The van der Waals surface area contributed by atoms with Crippen LogP contribution in [0.25, 0.3) is 10.2 Å². The van der Waals surface area contributed by atoms with E-state index in [1.807, 2.05) is 31.3 Å². The fourth-order valence-electron chi connectivity index (χ4n) is 2.25. The van der Waals surface area contributed by atoms with E-state index >= 15 is 0 Å². The van der Waals surface area contributed by atoms with Gasteiger partial charge >= 0.3 is 0 Å². The lowest BCUT2D eigenvalue weighted by Gasteiger charge is -2.20. The SMILES string of the molecule is CSc1ccc2nc(N(CCN(C)C)C(=O)c3ccco3)sc2c1.Cl. The van der Waals surface area contributed by atoms with Crippen LogP contribution in [-0.2, 0) is 0 Å². The van der Waals surface area contributed by atoms with Crippen LogP contribution in [0.1, 0.15) is 10.6 Å². The van der Waals surface area contributed by atoms with E-state index in [1.54, 1.807) is 28.8 Å². The highest BCUT2D eigenvalue weighted by molar-refractivity contribution is 7.98. The number of anilines is 1. The zero-order valence-electron chi connectivity index (χ0n) is 14.3. The minimum atomic E-state index is -0.161. The van der Waals surface area contributed by atoms with Crippen molar-refractivity contribution in [3.8, 4) is 0 Å². The van der Waals surface area contributed by atoms with Crippen molar-refractivity contribution in [1.82, 2.24) is 9.88 Å². The minimum Gasteiger partial charge on any atom is -0.459 e. The Morgan fingerprint density at radius 1 is 1.28 bits per heavy atom. The molecule has 3 aromatic rings. The number of aromatic nitrogens is 1. The quantitative estimate of drug-likeness (QED) is 0.582. The fraction of sp³-hybridized carbons (Fsp3) is 0.294. The highest BCUT2D eigenvalue weighted by atomic mass is 35.5. The normalized spacial score (nSPS) is 10.9. The number of hydrogen-bond acceptors (Lipinski definition) is 6. The standard InChI is InChI=1S/C17H19N3O2S2.ClH/c1-19(2)8-9-20(16(21)14-5-4-10-22-14)17-18-13-7-6-12(23-3)11-15(13)24-17;/h4-7,10-11H,8-9H2,1-3H3;1H. The molecule has 0 atom stereocenters. The van der Waals surface area contributed by atoms with E-state index in [-0.39, 0.29) is 18.3 Å². The number of amides is 1. The Morgan fingerprint density at radius 2 is 2.08 bits per heavy atom. The predicted molar refractivity (Wildman–Crippen MR) is 108 cm³/mol. The Kier molecular flexibility index (Phi) is 6.89. The summed E-state index contributed by atoms with van der Waals surface area (Å²) in [6.07, 6.45) is 3.56. The van der Waals surface area contributed by atoms with Gasteiger partial charge in [0.15, 0.2) is 10.9 Å². The second-order valence-electron chi connectivity index (χ2n) is 5.57. The summed E-state index contributed by atoms with van der Waals surface area (Å²) in [5.41, 5.74) is 0.912. The molecule has 0 saturated heterocycles. The van der Waals surface area contributed by atoms with E-state index in [0.717, 1.165) is 16.8 Å². The van der Waals surface area contributed by atoms with Crippen LogP contribution in [0.2, 0.25) is 0 Å². The van der Waals surface area contributed by atoms with Crippen molar-refractivity contribution in [3.63, 3.8) is 0 Å². The molecular formula is C17H20ClN3O2S2. The monoisotopic (exact) mass is 397 g/mol. The summed E-state index contributed by atoms with van der Waals surface area (Å²) in [5, 5.41) is 0.700. The fourth-order valence-corrected chi connectivity index (χ4v) is 3.80. The molecular weight excluding hydrogens is 378 g/mol. The first kappa shape index (κ1) is 19.8. The number of benzene rings is 1. The summed E-state index contributed by atoms with van der Waals surface area (Å²) >= 11 is 3.23. The lowest BCUT2D eigenvalue weighted by atomic mass is 10.3. The van der Waals surface area contributed by atoms with Crippen LogP contribution in [0.5, 0.6) is 0 Å². The number of thioether (sulfide) groups is 1. The van der Waals surface area contributed by atoms with Gasteiger partial charge in [0, 0.05) is 18.0 Å². The van der Waals surface area contributed by atoms with Crippen LogP contribution in [0.4, 0.5) is 5.13 Å². The number of halogens is 1. The molecule has 0 radical (unpaired) electrons. The maximum atomic E-state index is 12.8. The van der Waals surface area contributed by atoms with Gasteiger partial charge in [-0.15, -0.1) is 24.2 Å². The van der Waals surface area contributed by atoms with Crippen molar-refractivity contribution < 1.29 is 9.21 Å². The molecule has 134 valence electrons. The van der Waals surface area contributed by atoms with Crippen LogP contribution in [0.3, 0.4) is 0 Å². The maximum Gasteiger partial charge on any atom is 0.295 e. The number of hydrogen-bond donors (Lipinski definition) is 0. The second-order valence-corrected chi connectivity index (χ2v) is 7.46. The number of fused-ring (bicyclic) bond motifs is 1. The lowest BCUT2D eigenvalue weighted by Crippen LogP contribution is -2.36. The minimum absolute atomic E-state index is 0. The molecule has 2 heterocycles. The van der Waals surface area contributed by atoms with Crippen molar-refractivity contribution in [2.24, 2.45) is 0 Å². The first-order valence-corrected chi connectivity index (χ1v) is 9.57. The maximum absolute atomic E-state index is 12.8. The smallest absolute Gasteiger partial charge is 0.295 e. The van der Waals surface area contributed by atoms with Crippen molar-refractivity contribution in [1.29, 1.82) is 0 Å². The largest absolute Gasteiger partial charge is 0.459 e. The molecule has 25 heavy (non-hydrogen) atoms. The Balaban J connectivity index is 0.00000225. The molecule has 5 nitrogen and oxygen atoms in total. The molecule has 8 heteroatoms. The van der Waals surface area contributed by atoms with Crippen LogP contribution in [0, 0.1) is 0 Å². The van der Waals surface area contributed by atoms with E-state index in [2.05, 4.69) is 17.1 Å². The second kappa shape index (κ2) is 8.71. The van der Waals surface area contributed by atoms with Gasteiger partial charge in [-0.1, -0.05) is 11.3 Å². The Bertz CT molecular complexity index is 834. The molecule has 0 bridgehead atoms. The highest BCUT2D eigenvalue weighted by Gasteiger charge is 2.23. The zero-order chi connectivity index (χ0) is 17.1. The average molecular weight is 398 g/mol. The Hall–Kier alpha value is -1.54. The molecule has 2 aromatic heterocycles. The molecule has 1 amide bonds. The van der Waals surface area contributed by atoms with Gasteiger partial charge in [-0.3, -0.25) is 9.69 Å². The Labute approximate surface area is 161 Å². The lowest BCUT2D eigenvalue weighted by molar-refractivity contribution is 0.0958. The number of rotatable bonds is 6. The van der Waals surface area contributed by atoms with Gasteiger partial charge in [0.1, 0.15) is 0 Å². The molecule has 0 aliphatic heterocycles. The summed E-state index contributed by atoms with van der Waals surface area (Å²) in [6, 6.07) is 9.57. The number of thiazole rings is 1. The summed E-state index contributed by atoms with van der Waals surface area (Å²) in [6.45, 7) is 1.31. The van der Waals surface area contributed by atoms with Crippen LogP contribution in [0.15, 0.2) is 45.9 Å². The van der Waals surface area contributed by atoms with Crippen molar-refractivity contribution in [2.75, 3.05) is 38.3 Å². The van der Waals surface area contributed by atoms with Crippen molar-refractivity contribution in [2.45, 2.75) is 4.90 Å². The number of likely N-dealkylation sites (N-methyl/N-ethyl adjacent to an activating group) is 1. The third kappa shape index (κ3) is 4.55. The molecule has 3 rings (SSSR count). The van der Waals surface area contributed by atoms with Gasteiger partial charge in [-0.05, 0) is 50.7 Å². The van der Waals surface area contributed by atoms with Gasteiger partial charge in [0.05, 0.1) is 16.5 Å². The summed E-state index contributed by atoms with van der Waals surface area (Å²) < 4.78 is 6.37. The molecule has 0 unspecified atom stereocenters. The van der Waals surface area contributed by atoms with Gasteiger partial charge < -0.3 is 9.32 Å². The molecule has 0 saturated carbocycles. The van der Waals surface area contributed by atoms with Gasteiger partial charge in [-0.2, -0.15) is 0 Å². The van der Waals surface area contributed by atoms with Crippen molar-refractivity contribution in [3.05, 3.63) is 42.4 Å². The highest BCUT2D eigenvalue weighted by Crippen LogP contribution is 2.32. The van der Waals surface area contributed by atoms with Gasteiger partial charge in [0.25, 0.3) is 5.91 Å². The summed E-state index contributed by atoms with van der Waals surface area (Å²) in [5.74, 6) is 0.170. The van der Waals surface area contributed by atoms with E-state index in [9.17, 15) is 4.79 Å². The molecule has 1 aromatic carbocycles. The van der Waals surface area contributed by atoms with E-state index in [0.29, 0.717) is 17.4 Å². The molecule has 0 spiro atoms. The number of carbonyl (C=O) groups is 1. The molecule has 0 fully saturated rings. The van der Waals surface area contributed by atoms with Gasteiger partial charge in [0.2, 0.25) is 0 Å². The average Bonchev–Trinajstić information content (AvgIpc) is 3.23. The first-order valence-electron chi connectivity index (χ1n) is 7.53. The zero-order valence-corrected chi connectivity index (χ0v) is 16.7. The van der Waals surface area contributed by atoms with Crippen LogP contribution >= 0.6 is 35.5 Å². The van der Waals surface area contributed by atoms with Crippen LogP contribution in [-0.4, -0.2) is 49.2 Å². The number of furan rings is 1. The predicted octanol–water partition coefficient (Wildman–Crippen LogP) is 4.24. The topological polar surface area (TPSA) is 49.6 Å². The Morgan fingerprint density at radius 3 is 2.72 bits per heavy atom. The molecule has 0 aliphatic carbocycles. The van der Waals surface area contributed by atoms with Gasteiger partial charge in [-0.25, -0.2) is 4.98 Å². The van der Waals surface area contributed by atoms with E-state index in [4.69, 9.17) is 4.42 Å². The first-order chi connectivity index (χ1) is 11.6.